The van der Waals surface area contributed by atoms with Crippen molar-refractivity contribution in [3.05, 3.63) is 40.7 Å². The van der Waals surface area contributed by atoms with Crippen molar-refractivity contribution in [3.63, 3.8) is 0 Å². The van der Waals surface area contributed by atoms with Gasteiger partial charge in [0.2, 0.25) is 0 Å². The highest BCUT2D eigenvalue weighted by atomic mass is 32.1. The predicted molar refractivity (Wildman–Crippen MR) is 81.7 cm³/mol. The van der Waals surface area contributed by atoms with Gasteiger partial charge in [0.1, 0.15) is 17.5 Å². The van der Waals surface area contributed by atoms with Gasteiger partial charge in [0.25, 0.3) is 0 Å². The van der Waals surface area contributed by atoms with Gasteiger partial charge >= 0.3 is 0 Å². The van der Waals surface area contributed by atoms with Gasteiger partial charge in [-0.15, -0.1) is 12.6 Å². The summed E-state index contributed by atoms with van der Waals surface area (Å²) in [7, 11) is 0. The number of hydrogen-bond acceptors (Lipinski definition) is 1. The highest BCUT2D eigenvalue weighted by Crippen LogP contribution is 2.35. The second-order valence-electron chi connectivity index (χ2n) is 4.76. The maximum atomic E-state index is 14.1. The molecule has 0 saturated heterocycles. The summed E-state index contributed by atoms with van der Waals surface area (Å²) in [5.74, 6) is -5.92. The first kappa shape index (κ1) is 18.7. The van der Waals surface area contributed by atoms with Gasteiger partial charge in [-0.05, 0) is 25.0 Å². The van der Waals surface area contributed by atoms with Crippen LogP contribution in [0.3, 0.4) is 0 Å². The van der Waals surface area contributed by atoms with Crippen molar-refractivity contribution in [1.29, 1.82) is 0 Å². The number of allylic oxidation sites excluding steroid dienone is 2. The normalized spacial score (nSPS) is 13.8. The second-order valence-corrected chi connectivity index (χ2v) is 5.21. The zero-order chi connectivity index (χ0) is 16.9. The van der Waals surface area contributed by atoms with E-state index in [-0.39, 0.29) is 12.8 Å². The van der Waals surface area contributed by atoms with Crippen molar-refractivity contribution in [2.75, 3.05) is 0 Å². The third-order valence-electron chi connectivity index (χ3n) is 3.00. The first-order chi connectivity index (χ1) is 10.3. The molecule has 0 unspecified atom stereocenters. The summed E-state index contributed by atoms with van der Waals surface area (Å²) in [6.07, 6.45) is 0.420. The van der Waals surface area contributed by atoms with Gasteiger partial charge in [0.15, 0.2) is 11.7 Å². The van der Waals surface area contributed by atoms with Crippen LogP contribution in [0, 0.1) is 5.82 Å². The lowest BCUT2D eigenvalue weighted by molar-refractivity contribution is 0.544. The van der Waals surface area contributed by atoms with Crippen molar-refractivity contribution >= 4 is 24.3 Å². The zero-order valence-corrected chi connectivity index (χ0v) is 13.2. The molecule has 0 fully saturated rings. The Morgan fingerprint density at radius 1 is 0.864 bits per heavy atom. The number of halogens is 5. The van der Waals surface area contributed by atoms with E-state index in [2.05, 4.69) is 12.6 Å². The summed E-state index contributed by atoms with van der Waals surface area (Å²) < 4.78 is 68.7. The minimum Gasteiger partial charge on any atom is -0.209 e. The van der Waals surface area contributed by atoms with Gasteiger partial charge in [0, 0.05) is 24.0 Å². The van der Waals surface area contributed by atoms with Crippen molar-refractivity contribution in [2.24, 2.45) is 0 Å². The molecule has 0 bridgehead atoms. The molecule has 0 saturated carbocycles. The van der Waals surface area contributed by atoms with E-state index in [0.717, 1.165) is 12.1 Å². The van der Waals surface area contributed by atoms with Crippen LogP contribution >= 0.6 is 12.6 Å². The molecular weight excluding hydrogens is 319 g/mol. The van der Waals surface area contributed by atoms with Crippen LogP contribution < -0.4 is 0 Å². The van der Waals surface area contributed by atoms with Crippen LogP contribution in [-0.2, 0) is 0 Å². The van der Waals surface area contributed by atoms with Crippen LogP contribution in [-0.4, -0.2) is 0 Å². The minimum atomic E-state index is -1.35. The van der Waals surface area contributed by atoms with E-state index in [4.69, 9.17) is 0 Å². The van der Waals surface area contributed by atoms with E-state index >= 15 is 0 Å². The van der Waals surface area contributed by atoms with E-state index in [9.17, 15) is 22.0 Å². The van der Waals surface area contributed by atoms with Crippen LogP contribution in [0.2, 0.25) is 0 Å². The summed E-state index contributed by atoms with van der Waals surface area (Å²) in [6.45, 7) is 3.31. The van der Waals surface area contributed by atoms with E-state index in [0.29, 0.717) is 12.8 Å². The first-order valence-corrected chi connectivity index (χ1v) is 7.40. The molecular formula is C16H17F5S. The molecule has 0 aliphatic rings. The molecule has 0 atom stereocenters. The number of thiol groups is 1. The second kappa shape index (κ2) is 8.36. The Morgan fingerprint density at radius 2 is 1.27 bits per heavy atom. The van der Waals surface area contributed by atoms with Crippen molar-refractivity contribution in [3.8, 4) is 0 Å². The lowest BCUT2D eigenvalue weighted by Crippen LogP contribution is -1.95. The molecule has 6 heteroatoms. The molecule has 0 heterocycles. The fourth-order valence-electron chi connectivity index (χ4n) is 1.86. The molecule has 0 N–H and O–H groups in total. The molecule has 0 aliphatic carbocycles. The summed E-state index contributed by atoms with van der Waals surface area (Å²) in [4.78, 5) is -0.555. The van der Waals surface area contributed by atoms with E-state index in [1.54, 1.807) is 13.8 Å². The molecule has 0 spiro atoms. The van der Waals surface area contributed by atoms with Gasteiger partial charge in [-0.1, -0.05) is 13.8 Å². The van der Waals surface area contributed by atoms with Crippen molar-refractivity contribution in [2.45, 2.75) is 44.4 Å². The Kier molecular flexibility index (Phi) is 7.13. The van der Waals surface area contributed by atoms with Crippen LogP contribution in [0.4, 0.5) is 22.0 Å². The average Bonchev–Trinajstić information content (AvgIpc) is 2.49. The molecule has 0 aliphatic heterocycles. The largest absolute Gasteiger partial charge is 0.209 e. The maximum Gasteiger partial charge on any atom is 0.164 e. The van der Waals surface area contributed by atoms with Gasteiger partial charge < -0.3 is 0 Å². The molecule has 1 rings (SSSR count). The van der Waals surface area contributed by atoms with E-state index in [1.165, 1.54) is 0 Å². The first-order valence-electron chi connectivity index (χ1n) is 6.95. The monoisotopic (exact) mass is 336 g/mol. The molecule has 0 amide bonds. The lowest BCUT2D eigenvalue weighted by Gasteiger charge is -2.09. The number of rotatable bonds is 6. The third-order valence-corrected chi connectivity index (χ3v) is 3.44. The average molecular weight is 336 g/mol. The predicted octanol–water partition coefficient (Wildman–Crippen LogP) is 6.93. The van der Waals surface area contributed by atoms with Crippen LogP contribution in [0.5, 0.6) is 0 Å². The zero-order valence-electron chi connectivity index (χ0n) is 12.3. The van der Waals surface area contributed by atoms with Crippen LogP contribution in [0.15, 0.2) is 28.7 Å². The van der Waals surface area contributed by atoms with E-state index in [1.807, 2.05) is 0 Å². The summed E-state index contributed by atoms with van der Waals surface area (Å²) in [6, 6.07) is 1.87. The van der Waals surface area contributed by atoms with Gasteiger partial charge in [-0.3, -0.25) is 0 Å². The van der Waals surface area contributed by atoms with Gasteiger partial charge in [-0.2, -0.15) is 0 Å². The molecule has 122 valence electrons. The SMILES string of the molecule is CCC/C(F)=C(\F)c1ccc(/C(F)=C(\F)CCC)c(S)c1F. The van der Waals surface area contributed by atoms with Crippen molar-refractivity contribution in [1.82, 2.24) is 0 Å². The minimum absolute atomic E-state index is 0.137. The molecule has 0 aromatic heterocycles. The van der Waals surface area contributed by atoms with Crippen LogP contribution in [0.1, 0.15) is 50.7 Å². The number of hydrogen-bond donors (Lipinski definition) is 1. The lowest BCUT2D eigenvalue weighted by atomic mass is 10.1. The highest BCUT2D eigenvalue weighted by Gasteiger charge is 2.20. The Bertz CT molecular complexity index is 552. The number of benzene rings is 1. The Labute approximate surface area is 132 Å². The standard InChI is InChI=1S/C16H17F5S/c1-3-5-11(17)13(19)9-7-8-10(16(22)15(9)21)14(20)12(18)6-4-2/h7-8,22H,3-6H2,1-2H3/b13-11+,14-12+. The van der Waals surface area contributed by atoms with Crippen molar-refractivity contribution < 1.29 is 22.0 Å². The van der Waals surface area contributed by atoms with Gasteiger partial charge in [-0.25, -0.2) is 22.0 Å². The highest BCUT2D eigenvalue weighted by molar-refractivity contribution is 7.80. The maximum absolute atomic E-state index is 14.1. The molecule has 0 radical (unpaired) electrons. The topological polar surface area (TPSA) is 0 Å². The van der Waals surface area contributed by atoms with E-state index < -0.39 is 45.1 Å². The third kappa shape index (κ3) is 4.12. The Balaban J connectivity index is 3.35. The Morgan fingerprint density at radius 3 is 1.73 bits per heavy atom. The fourth-order valence-corrected chi connectivity index (χ4v) is 2.16. The summed E-state index contributed by atoms with van der Waals surface area (Å²) in [5.41, 5.74) is -1.07. The van der Waals surface area contributed by atoms with Gasteiger partial charge in [0.05, 0.1) is 4.90 Å². The van der Waals surface area contributed by atoms with Crippen LogP contribution in [0.25, 0.3) is 11.7 Å². The Hall–Kier alpha value is -1.30. The quantitative estimate of drug-likeness (QED) is 0.422. The smallest absolute Gasteiger partial charge is 0.164 e. The molecule has 22 heavy (non-hydrogen) atoms. The fraction of sp³-hybridized carbons (Fsp3) is 0.375. The molecule has 0 nitrogen and oxygen atoms in total. The molecule has 1 aromatic carbocycles. The summed E-state index contributed by atoms with van der Waals surface area (Å²) in [5, 5.41) is 0. The summed E-state index contributed by atoms with van der Waals surface area (Å²) >= 11 is 3.77. The molecule has 1 aromatic rings.